The van der Waals surface area contributed by atoms with Gasteiger partial charge in [0.15, 0.2) is 12.2 Å². The molecular weight excluding hydrogens is 487 g/mol. The molecule has 5 aromatic rings. The molecular formula is C27H24FN8O2+. The van der Waals surface area contributed by atoms with E-state index < -0.39 is 5.82 Å². The summed E-state index contributed by atoms with van der Waals surface area (Å²) in [4.78, 5) is 22.4. The molecule has 0 spiro atoms. The number of fused-ring (bicyclic) bond motifs is 2. The van der Waals surface area contributed by atoms with Crippen molar-refractivity contribution < 1.29 is 14.2 Å². The first kappa shape index (κ1) is 23.6. The molecule has 0 saturated heterocycles. The number of aliphatic hydroxyl groups excluding tert-OH is 1. The van der Waals surface area contributed by atoms with E-state index in [9.17, 15) is 9.90 Å². The van der Waals surface area contributed by atoms with Gasteiger partial charge in [0.2, 0.25) is 6.20 Å². The number of rotatable bonds is 6. The fourth-order valence-corrected chi connectivity index (χ4v) is 4.92. The van der Waals surface area contributed by atoms with Crippen molar-refractivity contribution in [2.24, 2.45) is 5.11 Å². The highest BCUT2D eigenvalue weighted by Gasteiger charge is 2.26. The Labute approximate surface area is 215 Å². The van der Waals surface area contributed by atoms with E-state index in [4.69, 9.17) is 10.8 Å². The molecule has 0 atom stereocenters. The molecule has 2 aromatic carbocycles. The molecule has 0 amide bonds. The van der Waals surface area contributed by atoms with Crippen LogP contribution in [0.25, 0.3) is 33.1 Å². The molecule has 0 saturated carbocycles. The summed E-state index contributed by atoms with van der Waals surface area (Å²) in [5.74, 6) is -0.249. The van der Waals surface area contributed by atoms with Crippen LogP contribution < -0.4 is 11.3 Å². The Kier molecular flexibility index (Phi) is 5.76. The molecule has 10 nitrogen and oxygen atoms in total. The number of nitrogens with zero attached hydrogens (tertiary/aromatic N) is 7. The zero-order valence-electron chi connectivity index (χ0n) is 20.5. The molecule has 0 fully saturated rings. The van der Waals surface area contributed by atoms with Crippen LogP contribution >= 0.6 is 0 Å². The molecule has 4 heterocycles. The van der Waals surface area contributed by atoms with Gasteiger partial charge in [0.25, 0.3) is 5.56 Å². The Balaban J connectivity index is 1.57. The molecule has 0 unspecified atom stereocenters. The SMILES string of the molecule is Cc1cccc2cc(Cn3nc(C4=C[N+](CCO)=NC4)c4c(N)ncnc43)n(-c3ccccc3F)c(=O)c12. The summed E-state index contributed by atoms with van der Waals surface area (Å²) in [6.45, 7) is 2.66. The number of pyridine rings is 1. The molecule has 38 heavy (non-hydrogen) atoms. The summed E-state index contributed by atoms with van der Waals surface area (Å²) in [7, 11) is 0. The molecule has 3 N–H and O–H groups in total. The molecule has 190 valence electrons. The van der Waals surface area contributed by atoms with Gasteiger partial charge in [-0.1, -0.05) is 35.0 Å². The van der Waals surface area contributed by atoms with Gasteiger partial charge in [-0.15, -0.1) is 0 Å². The minimum absolute atomic E-state index is 0.0390. The number of nitrogens with two attached hydrogens (primary N) is 1. The third kappa shape index (κ3) is 3.84. The summed E-state index contributed by atoms with van der Waals surface area (Å²) < 4.78 is 19.7. The highest BCUT2D eigenvalue weighted by Crippen LogP contribution is 2.30. The van der Waals surface area contributed by atoms with Crippen molar-refractivity contribution in [2.45, 2.75) is 13.5 Å². The van der Waals surface area contributed by atoms with E-state index in [1.165, 1.54) is 17.0 Å². The fourth-order valence-electron chi connectivity index (χ4n) is 4.92. The van der Waals surface area contributed by atoms with Crippen molar-refractivity contribution in [3.8, 4) is 5.69 Å². The van der Waals surface area contributed by atoms with Gasteiger partial charge in [0, 0.05) is 5.69 Å². The molecule has 0 radical (unpaired) electrons. The van der Waals surface area contributed by atoms with E-state index in [1.807, 2.05) is 37.4 Å². The lowest BCUT2D eigenvalue weighted by Crippen LogP contribution is -2.25. The van der Waals surface area contributed by atoms with E-state index in [0.29, 0.717) is 40.9 Å². The predicted molar refractivity (Wildman–Crippen MR) is 141 cm³/mol. The number of azo groups is 2. The second kappa shape index (κ2) is 9.27. The number of hydrogen-bond acceptors (Lipinski definition) is 7. The highest BCUT2D eigenvalue weighted by atomic mass is 19.1. The number of aryl methyl sites for hydroxylation is 1. The van der Waals surface area contributed by atoms with Crippen LogP contribution in [0.4, 0.5) is 10.2 Å². The molecule has 1 aliphatic heterocycles. The standard InChI is InChI=1S/C27H24FN8O2/c1-16-5-4-6-17-11-19(36(27(38)22(16)17)21-8-3-2-7-20(21)28)14-35-26-23(25(29)30-15-31-26)24(33-35)18-12-32-34(13-18)9-10-37/h2-8,11,13,15,37H,9-10,12,14H2,1H3,(H2,29,30,31)/q+1. The topological polar surface area (TPSA) is 127 Å². The molecule has 1 aliphatic rings. The minimum Gasteiger partial charge on any atom is -0.390 e. The van der Waals surface area contributed by atoms with Crippen molar-refractivity contribution >= 4 is 33.2 Å². The van der Waals surface area contributed by atoms with Gasteiger partial charge in [-0.2, -0.15) is 5.10 Å². The first-order valence-corrected chi connectivity index (χ1v) is 12.1. The van der Waals surface area contributed by atoms with Crippen molar-refractivity contribution in [1.29, 1.82) is 0 Å². The van der Waals surface area contributed by atoms with E-state index >= 15 is 4.39 Å². The fraction of sp³-hybridized carbons (Fsp3) is 0.185. The number of aliphatic hydroxyl groups is 1. The quantitative estimate of drug-likeness (QED) is 0.338. The van der Waals surface area contributed by atoms with Crippen LogP contribution in [0.5, 0.6) is 0 Å². The molecule has 0 bridgehead atoms. The number of halogens is 1. The number of benzene rings is 2. The Morgan fingerprint density at radius 1 is 1.13 bits per heavy atom. The van der Waals surface area contributed by atoms with Crippen LogP contribution in [-0.4, -0.2) is 53.8 Å². The predicted octanol–water partition coefficient (Wildman–Crippen LogP) is 3.02. The van der Waals surface area contributed by atoms with Crippen LogP contribution in [-0.2, 0) is 6.54 Å². The van der Waals surface area contributed by atoms with E-state index in [1.54, 1.807) is 27.6 Å². The lowest BCUT2D eigenvalue weighted by Gasteiger charge is -2.16. The smallest absolute Gasteiger partial charge is 0.263 e. The number of para-hydroxylation sites is 1. The summed E-state index contributed by atoms with van der Waals surface area (Å²) in [6, 6.07) is 13.7. The zero-order chi connectivity index (χ0) is 26.4. The molecule has 3 aromatic heterocycles. The van der Waals surface area contributed by atoms with Gasteiger partial charge in [-0.05, 0) is 41.2 Å². The van der Waals surface area contributed by atoms with Crippen molar-refractivity contribution in [3.05, 3.63) is 94.2 Å². The molecule has 11 heteroatoms. The number of nitrogen functional groups attached to an aromatic ring is 1. The van der Waals surface area contributed by atoms with Gasteiger partial charge in [0.05, 0.1) is 28.6 Å². The van der Waals surface area contributed by atoms with Gasteiger partial charge in [-0.3, -0.25) is 9.36 Å². The second-order valence-corrected chi connectivity index (χ2v) is 9.07. The normalized spacial score (nSPS) is 13.3. The maximum atomic E-state index is 15.0. The lowest BCUT2D eigenvalue weighted by molar-refractivity contribution is -0.524. The van der Waals surface area contributed by atoms with Gasteiger partial charge in [0.1, 0.15) is 36.8 Å². The van der Waals surface area contributed by atoms with E-state index in [2.05, 4.69) is 15.1 Å². The maximum Gasteiger partial charge on any atom is 0.263 e. The van der Waals surface area contributed by atoms with E-state index in [-0.39, 0.29) is 30.2 Å². The average Bonchev–Trinajstić information content (AvgIpc) is 3.51. The number of hydrogen-bond donors (Lipinski definition) is 2. The zero-order valence-corrected chi connectivity index (χ0v) is 20.5. The lowest BCUT2D eigenvalue weighted by atomic mass is 10.1. The van der Waals surface area contributed by atoms with Crippen LogP contribution in [0.3, 0.4) is 0 Å². The Hall–Kier alpha value is -4.77. The summed E-state index contributed by atoms with van der Waals surface area (Å²) in [6.07, 6.45) is 3.17. The van der Waals surface area contributed by atoms with Crippen LogP contribution in [0.2, 0.25) is 0 Å². The van der Waals surface area contributed by atoms with Crippen molar-refractivity contribution in [1.82, 2.24) is 24.3 Å². The highest BCUT2D eigenvalue weighted by molar-refractivity contribution is 5.96. The van der Waals surface area contributed by atoms with Gasteiger partial charge in [-0.25, -0.2) is 19.0 Å². The summed E-state index contributed by atoms with van der Waals surface area (Å²) >= 11 is 0. The summed E-state index contributed by atoms with van der Waals surface area (Å²) in [5.41, 5.74) is 9.27. The largest absolute Gasteiger partial charge is 0.390 e. The monoisotopic (exact) mass is 511 g/mol. The maximum absolute atomic E-state index is 15.0. The van der Waals surface area contributed by atoms with Gasteiger partial charge < -0.3 is 10.8 Å². The van der Waals surface area contributed by atoms with Gasteiger partial charge >= 0.3 is 0 Å². The number of anilines is 1. The third-order valence-electron chi connectivity index (χ3n) is 6.66. The van der Waals surface area contributed by atoms with Crippen molar-refractivity contribution in [2.75, 3.05) is 25.4 Å². The number of β-amino-alcohol motifs (C(OH)–C–C–N with tert-alkyl or cyclic N) is 1. The average molecular weight is 512 g/mol. The summed E-state index contributed by atoms with van der Waals surface area (Å²) in [5, 5.41) is 20.3. The number of aromatic nitrogens is 5. The second-order valence-electron chi connectivity index (χ2n) is 9.07. The molecule has 0 aliphatic carbocycles. The van der Waals surface area contributed by atoms with E-state index in [0.717, 1.165) is 16.5 Å². The first-order chi connectivity index (χ1) is 18.5. The van der Waals surface area contributed by atoms with Crippen LogP contribution in [0, 0.1) is 12.7 Å². The Bertz CT molecular complexity index is 1850. The van der Waals surface area contributed by atoms with Crippen molar-refractivity contribution in [3.63, 3.8) is 0 Å². The third-order valence-corrected chi connectivity index (χ3v) is 6.66. The Morgan fingerprint density at radius 2 is 1.97 bits per heavy atom. The minimum atomic E-state index is -0.511. The Morgan fingerprint density at radius 3 is 2.79 bits per heavy atom. The van der Waals surface area contributed by atoms with Crippen LogP contribution in [0.1, 0.15) is 17.0 Å². The van der Waals surface area contributed by atoms with Crippen LogP contribution in [0.15, 0.2) is 71.0 Å². The molecule has 6 rings (SSSR count). The first-order valence-electron chi connectivity index (χ1n) is 12.1.